The van der Waals surface area contributed by atoms with Crippen LogP contribution in [0.5, 0.6) is 0 Å². The van der Waals surface area contributed by atoms with Crippen LogP contribution in [-0.2, 0) is 11.2 Å². The van der Waals surface area contributed by atoms with Crippen LogP contribution in [0.2, 0.25) is 0 Å². The fourth-order valence-electron chi connectivity index (χ4n) is 6.05. The molecule has 3 aromatic rings. The smallest absolute Gasteiger partial charge is 0.237 e. The van der Waals surface area contributed by atoms with Crippen molar-refractivity contribution in [3.8, 4) is 0 Å². The lowest BCUT2D eigenvalue weighted by molar-refractivity contribution is -0.135. The largest absolute Gasteiger partial charge is 0.386 e. The molecule has 1 fully saturated rings. The van der Waals surface area contributed by atoms with Crippen molar-refractivity contribution < 1.29 is 9.90 Å². The van der Waals surface area contributed by atoms with E-state index >= 15 is 0 Å². The Hall–Kier alpha value is -2.95. The van der Waals surface area contributed by atoms with E-state index in [9.17, 15) is 9.90 Å². The van der Waals surface area contributed by atoms with Crippen LogP contribution >= 0.6 is 0 Å². The molecule has 2 aliphatic rings. The minimum atomic E-state index is -0.748. The Morgan fingerprint density at radius 1 is 0.857 bits per heavy atom. The Labute approximate surface area is 209 Å². The van der Waals surface area contributed by atoms with Crippen LogP contribution in [0.3, 0.4) is 0 Å². The van der Waals surface area contributed by atoms with Gasteiger partial charge in [-0.3, -0.25) is 10.1 Å². The van der Waals surface area contributed by atoms with Gasteiger partial charge in [-0.2, -0.15) is 0 Å². The van der Waals surface area contributed by atoms with Gasteiger partial charge in [-0.05, 0) is 47.4 Å². The van der Waals surface area contributed by atoms with Crippen molar-refractivity contribution in [2.75, 3.05) is 13.1 Å². The summed E-state index contributed by atoms with van der Waals surface area (Å²) in [5.41, 5.74) is 4.54. The number of nitrogens with zero attached hydrogens (tertiary/aromatic N) is 1. The van der Waals surface area contributed by atoms with Gasteiger partial charge in [-0.15, -0.1) is 0 Å². The molecule has 3 aromatic carbocycles. The van der Waals surface area contributed by atoms with Crippen LogP contribution in [0.1, 0.15) is 72.5 Å². The predicted molar refractivity (Wildman–Crippen MR) is 140 cm³/mol. The van der Waals surface area contributed by atoms with Crippen molar-refractivity contribution in [2.24, 2.45) is 5.92 Å². The van der Waals surface area contributed by atoms with E-state index in [0.29, 0.717) is 5.92 Å². The van der Waals surface area contributed by atoms with E-state index in [1.165, 1.54) is 43.2 Å². The fraction of sp³-hybridized carbons (Fsp3) is 0.387. The summed E-state index contributed by atoms with van der Waals surface area (Å²) in [7, 11) is 0. The zero-order valence-corrected chi connectivity index (χ0v) is 20.4. The summed E-state index contributed by atoms with van der Waals surface area (Å²) >= 11 is 0. The number of hydrogen-bond acceptors (Lipinski definition) is 3. The standard InChI is InChI=1S/C31H36N2O2/c34-28(22-32-29(24-13-4-1-5-14-24)31(35)26-17-8-3-9-18-26)33-21-20-23-12-10-11-19-27(23)30(33)25-15-6-2-7-16-25/h1,3-5,8-14,17-19,25,29-32,35H,2,6-7,15-16,20-22H2/t29-,30?,31+/m1/s1. The molecular weight excluding hydrogens is 432 g/mol. The van der Waals surface area contributed by atoms with Gasteiger partial charge in [0.2, 0.25) is 5.91 Å². The lowest BCUT2D eigenvalue weighted by atomic mass is 9.77. The number of aliphatic hydroxyl groups is 1. The van der Waals surface area contributed by atoms with E-state index in [0.717, 1.165) is 24.1 Å². The lowest BCUT2D eigenvalue weighted by Crippen LogP contribution is -2.47. The Kier molecular flexibility index (Phi) is 7.60. The fourth-order valence-corrected chi connectivity index (χ4v) is 6.05. The first kappa shape index (κ1) is 23.8. The summed E-state index contributed by atoms with van der Waals surface area (Å²) in [5, 5.41) is 14.7. The second-order valence-corrected chi connectivity index (χ2v) is 10.0. The Balaban J connectivity index is 1.36. The molecule has 0 radical (unpaired) electrons. The maximum absolute atomic E-state index is 13.7. The molecule has 1 amide bonds. The van der Waals surface area contributed by atoms with Gasteiger partial charge >= 0.3 is 0 Å². The minimum absolute atomic E-state index is 0.122. The number of carbonyl (C=O) groups excluding carboxylic acids is 1. The predicted octanol–water partition coefficient (Wildman–Crippen LogP) is 5.76. The highest BCUT2D eigenvalue weighted by atomic mass is 16.3. The molecule has 4 nitrogen and oxygen atoms in total. The maximum Gasteiger partial charge on any atom is 0.237 e. The maximum atomic E-state index is 13.7. The Bertz CT molecular complexity index is 1100. The summed E-state index contributed by atoms with van der Waals surface area (Å²) in [6.45, 7) is 0.963. The first-order valence-corrected chi connectivity index (χ1v) is 13.1. The topological polar surface area (TPSA) is 52.6 Å². The van der Waals surface area contributed by atoms with Crippen molar-refractivity contribution in [1.82, 2.24) is 10.2 Å². The van der Waals surface area contributed by atoms with Crippen molar-refractivity contribution in [2.45, 2.75) is 56.7 Å². The zero-order valence-electron chi connectivity index (χ0n) is 20.4. The van der Waals surface area contributed by atoms with Gasteiger partial charge in [-0.1, -0.05) is 104 Å². The lowest BCUT2D eigenvalue weighted by Gasteiger charge is -2.43. The Morgan fingerprint density at radius 2 is 1.49 bits per heavy atom. The van der Waals surface area contributed by atoms with Gasteiger partial charge in [0.15, 0.2) is 0 Å². The third-order valence-electron chi connectivity index (χ3n) is 7.84. The molecule has 1 unspecified atom stereocenters. The quantitative estimate of drug-likeness (QED) is 0.464. The van der Waals surface area contributed by atoms with Gasteiger partial charge in [0.25, 0.3) is 0 Å². The molecule has 4 heteroatoms. The average molecular weight is 469 g/mol. The summed E-state index contributed by atoms with van der Waals surface area (Å²) < 4.78 is 0. The number of carbonyl (C=O) groups is 1. The number of aliphatic hydroxyl groups excluding tert-OH is 1. The van der Waals surface area contributed by atoms with Gasteiger partial charge in [0.05, 0.1) is 24.7 Å². The molecule has 1 saturated carbocycles. The average Bonchev–Trinajstić information content (AvgIpc) is 2.94. The molecule has 0 spiro atoms. The van der Waals surface area contributed by atoms with E-state index in [4.69, 9.17) is 0 Å². The second kappa shape index (κ2) is 11.2. The molecule has 182 valence electrons. The van der Waals surface area contributed by atoms with Gasteiger partial charge in [0, 0.05) is 6.54 Å². The molecule has 0 bridgehead atoms. The molecule has 0 aromatic heterocycles. The highest BCUT2D eigenvalue weighted by Gasteiger charge is 2.37. The van der Waals surface area contributed by atoms with Crippen LogP contribution < -0.4 is 5.32 Å². The van der Waals surface area contributed by atoms with E-state index < -0.39 is 6.10 Å². The molecule has 2 N–H and O–H groups in total. The SMILES string of the molecule is O=C(CN[C@H](c1ccccc1)[C@@H](O)c1ccccc1)N1CCc2ccccc2C1C1CCCCC1. The monoisotopic (exact) mass is 468 g/mol. The molecule has 1 aliphatic heterocycles. The first-order valence-electron chi connectivity index (χ1n) is 13.1. The van der Waals surface area contributed by atoms with E-state index in [1.54, 1.807) is 0 Å². The van der Waals surface area contributed by atoms with Crippen molar-refractivity contribution in [3.05, 3.63) is 107 Å². The van der Waals surface area contributed by atoms with Crippen LogP contribution in [0.15, 0.2) is 84.9 Å². The van der Waals surface area contributed by atoms with Crippen molar-refractivity contribution in [1.29, 1.82) is 0 Å². The molecule has 1 heterocycles. The van der Waals surface area contributed by atoms with E-state index in [1.807, 2.05) is 60.7 Å². The van der Waals surface area contributed by atoms with Gasteiger partial charge < -0.3 is 10.0 Å². The normalized spacial score (nSPS) is 20.1. The summed E-state index contributed by atoms with van der Waals surface area (Å²) in [6, 6.07) is 28.1. The molecule has 0 saturated heterocycles. The molecule has 3 atom stereocenters. The highest BCUT2D eigenvalue weighted by Crippen LogP contribution is 2.42. The summed E-state index contributed by atoms with van der Waals surface area (Å²) in [5.74, 6) is 0.644. The van der Waals surface area contributed by atoms with Gasteiger partial charge in [0.1, 0.15) is 0 Å². The van der Waals surface area contributed by atoms with E-state index in [-0.39, 0.29) is 24.5 Å². The van der Waals surface area contributed by atoms with E-state index in [2.05, 4.69) is 34.5 Å². The number of fused-ring (bicyclic) bond motifs is 1. The number of nitrogens with one attached hydrogen (secondary N) is 1. The second-order valence-electron chi connectivity index (χ2n) is 10.0. The number of hydrogen-bond donors (Lipinski definition) is 2. The van der Waals surface area contributed by atoms with Crippen molar-refractivity contribution in [3.63, 3.8) is 0 Å². The third-order valence-corrected chi connectivity index (χ3v) is 7.84. The first-order chi connectivity index (χ1) is 17.2. The van der Waals surface area contributed by atoms with Gasteiger partial charge in [-0.25, -0.2) is 0 Å². The highest BCUT2D eigenvalue weighted by molar-refractivity contribution is 5.79. The molecular formula is C31H36N2O2. The number of amides is 1. The molecule has 1 aliphatic carbocycles. The Morgan fingerprint density at radius 3 is 2.20 bits per heavy atom. The van der Waals surface area contributed by atoms with Crippen LogP contribution in [0, 0.1) is 5.92 Å². The zero-order chi connectivity index (χ0) is 24.0. The number of benzene rings is 3. The summed E-state index contributed by atoms with van der Waals surface area (Å²) in [4.78, 5) is 15.9. The number of rotatable bonds is 7. The summed E-state index contributed by atoms with van der Waals surface area (Å²) in [6.07, 6.45) is 6.34. The van der Waals surface area contributed by atoms with Crippen molar-refractivity contribution >= 4 is 5.91 Å². The third kappa shape index (κ3) is 5.34. The van der Waals surface area contributed by atoms with Crippen LogP contribution in [0.25, 0.3) is 0 Å². The minimum Gasteiger partial charge on any atom is -0.386 e. The molecule has 5 rings (SSSR count). The van der Waals surface area contributed by atoms with Crippen LogP contribution in [0.4, 0.5) is 0 Å². The van der Waals surface area contributed by atoms with Crippen LogP contribution in [-0.4, -0.2) is 29.0 Å². The molecule has 35 heavy (non-hydrogen) atoms.